The largest absolute Gasteiger partial charge is 0.424 e. The number of nitrogen functional groups attached to an aromatic ring is 1. The van der Waals surface area contributed by atoms with Gasteiger partial charge in [-0.15, -0.1) is 22.0 Å². The summed E-state index contributed by atoms with van der Waals surface area (Å²) in [6, 6.07) is 5.54. The van der Waals surface area contributed by atoms with E-state index in [-0.39, 0.29) is 0 Å². The van der Waals surface area contributed by atoms with Gasteiger partial charge in [0.1, 0.15) is 0 Å². The monoisotopic (exact) mass is 269 g/mol. The van der Waals surface area contributed by atoms with E-state index in [1.807, 2.05) is 19.1 Å². The van der Waals surface area contributed by atoms with Crippen molar-refractivity contribution >= 4 is 29.1 Å². The van der Waals surface area contributed by atoms with Gasteiger partial charge in [-0.25, -0.2) is 0 Å². The smallest absolute Gasteiger partial charge is 0.226 e. The van der Waals surface area contributed by atoms with E-state index in [0.717, 1.165) is 11.3 Å². The number of aromatic nitrogens is 2. The van der Waals surface area contributed by atoms with Crippen molar-refractivity contribution in [2.24, 2.45) is 0 Å². The third-order valence-corrected chi connectivity index (χ3v) is 3.45. The number of nitrogens with two attached hydrogens (primary N) is 1. The van der Waals surface area contributed by atoms with E-state index in [9.17, 15) is 0 Å². The molecule has 6 heteroatoms. The molecule has 0 saturated carbocycles. The molecule has 0 fully saturated rings. The van der Waals surface area contributed by atoms with Gasteiger partial charge in [-0.05, 0) is 18.2 Å². The third-order valence-electron chi connectivity index (χ3n) is 2.15. The van der Waals surface area contributed by atoms with Gasteiger partial charge >= 0.3 is 0 Å². The van der Waals surface area contributed by atoms with Gasteiger partial charge in [-0.1, -0.05) is 18.5 Å². The van der Waals surface area contributed by atoms with Crippen molar-refractivity contribution < 1.29 is 4.42 Å². The maximum absolute atomic E-state index is 5.93. The van der Waals surface area contributed by atoms with Gasteiger partial charge < -0.3 is 10.2 Å². The van der Waals surface area contributed by atoms with Crippen LogP contribution < -0.4 is 5.73 Å². The van der Waals surface area contributed by atoms with Gasteiger partial charge in [0.05, 0.1) is 16.5 Å². The molecule has 0 radical (unpaired) electrons. The molecule has 1 aromatic carbocycles. The molecule has 4 nitrogen and oxygen atoms in total. The lowest BCUT2D eigenvalue weighted by Crippen LogP contribution is -1.86. The number of rotatable bonds is 4. The number of hydrogen-bond acceptors (Lipinski definition) is 5. The van der Waals surface area contributed by atoms with Gasteiger partial charge in [-0.3, -0.25) is 0 Å². The molecular formula is C11H12ClN3OS. The van der Waals surface area contributed by atoms with Crippen LogP contribution in [0.25, 0.3) is 0 Å². The molecule has 0 aliphatic rings. The van der Waals surface area contributed by atoms with Gasteiger partial charge in [0.25, 0.3) is 0 Å². The van der Waals surface area contributed by atoms with Crippen LogP contribution in [-0.4, -0.2) is 10.2 Å². The molecule has 0 aliphatic heterocycles. The van der Waals surface area contributed by atoms with E-state index >= 15 is 0 Å². The molecule has 2 N–H and O–H groups in total. The molecule has 90 valence electrons. The molecule has 0 aliphatic carbocycles. The highest BCUT2D eigenvalue weighted by Gasteiger charge is 2.05. The Morgan fingerprint density at radius 1 is 1.35 bits per heavy atom. The molecule has 0 saturated heterocycles. The van der Waals surface area contributed by atoms with E-state index < -0.39 is 0 Å². The normalized spacial score (nSPS) is 10.7. The number of thioether (sulfide) groups is 1. The van der Waals surface area contributed by atoms with E-state index in [1.165, 1.54) is 0 Å². The average molecular weight is 270 g/mol. The summed E-state index contributed by atoms with van der Waals surface area (Å²) in [7, 11) is 0. The fraction of sp³-hybridized carbons (Fsp3) is 0.273. The second-order valence-electron chi connectivity index (χ2n) is 3.42. The molecular weight excluding hydrogens is 258 g/mol. The standard InChI is InChI=1S/C11H12ClN3OS/c1-2-10-14-15-11(16-10)6-17-7-3-4-9(13)8(12)5-7/h3-5H,2,6,13H2,1H3. The Morgan fingerprint density at radius 2 is 2.12 bits per heavy atom. The molecule has 0 atom stereocenters. The molecule has 2 rings (SSSR count). The van der Waals surface area contributed by atoms with E-state index in [4.69, 9.17) is 21.8 Å². The van der Waals surface area contributed by atoms with Crippen molar-refractivity contribution in [1.82, 2.24) is 10.2 Å². The molecule has 0 unspecified atom stereocenters. The lowest BCUT2D eigenvalue weighted by molar-refractivity contribution is 0.470. The van der Waals surface area contributed by atoms with Crippen LogP contribution >= 0.6 is 23.4 Å². The maximum atomic E-state index is 5.93. The minimum absolute atomic E-state index is 0.565. The lowest BCUT2D eigenvalue weighted by Gasteiger charge is -2.01. The van der Waals surface area contributed by atoms with Gasteiger partial charge in [0.15, 0.2) is 0 Å². The van der Waals surface area contributed by atoms with Crippen molar-refractivity contribution in [2.45, 2.75) is 24.0 Å². The van der Waals surface area contributed by atoms with Crippen LogP contribution in [0.1, 0.15) is 18.7 Å². The highest BCUT2D eigenvalue weighted by atomic mass is 35.5. The maximum Gasteiger partial charge on any atom is 0.226 e. The van der Waals surface area contributed by atoms with Crippen molar-refractivity contribution in [2.75, 3.05) is 5.73 Å². The molecule has 1 heterocycles. The highest BCUT2D eigenvalue weighted by molar-refractivity contribution is 7.98. The molecule has 0 spiro atoms. The summed E-state index contributed by atoms with van der Waals surface area (Å²) in [6.45, 7) is 1.98. The summed E-state index contributed by atoms with van der Waals surface area (Å²) in [4.78, 5) is 1.03. The number of aryl methyl sites for hydroxylation is 1. The number of hydrogen-bond donors (Lipinski definition) is 1. The quantitative estimate of drug-likeness (QED) is 0.682. The number of anilines is 1. The van der Waals surface area contributed by atoms with Crippen LogP contribution in [0, 0.1) is 0 Å². The molecule has 0 amide bonds. The second-order valence-corrected chi connectivity index (χ2v) is 4.87. The average Bonchev–Trinajstić information content (AvgIpc) is 2.79. The van der Waals surface area contributed by atoms with Crippen molar-refractivity contribution in [3.05, 3.63) is 35.0 Å². The summed E-state index contributed by atoms with van der Waals surface area (Å²) in [5.74, 6) is 1.92. The Morgan fingerprint density at radius 3 is 2.76 bits per heavy atom. The molecule has 17 heavy (non-hydrogen) atoms. The fourth-order valence-corrected chi connectivity index (χ4v) is 2.25. The van der Waals surface area contributed by atoms with Crippen LogP contribution in [0.2, 0.25) is 5.02 Å². The van der Waals surface area contributed by atoms with Crippen molar-refractivity contribution in [3.8, 4) is 0 Å². The highest BCUT2D eigenvalue weighted by Crippen LogP contribution is 2.28. The van der Waals surface area contributed by atoms with Crippen molar-refractivity contribution in [3.63, 3.8) is 0 Å². The zero-order valence-electron chi connectivity index (χ0n) is 9.31. The van der Waals surface area contributed by atoms with Gasteiger partial charge in [-0.2, -0.15) is 0 Å². The van der Waals surface area contributed by atoms with Crippen LogP contribution in [0.3, 0.4) is 0 Å². The number of halogens is 1. The van der Waals surface area contributed by atoms with Crippen LogP contribution in [-0.2, 0) is 12.2 Å². The predicted molar refractivity (Wildman–Crippen MR) is 69.1 cm³/mol. The predicted octanol–water partition coefficient (Wildman–Crippen LogP) is 3.16. The topological polar surface area (TPSA) is 64.9 Å². The van der Waals surface area contributed by atoms with E-state index in [0.29, 0.717) is 28.2 Å². The first-order valence-electron chi connectivity index (χ1n) is 5.18. The molecule has 0 bridgehead atoms. The second kappa shape index (κ2) is 5.42. The van der Waals surface area contributed by atoms with Crippen LogP contribution in [0.15, 0.2) is 27.5 Å². The number of benzene rings is 1. The van der Waals surface area contributed by atoms with Crippen molar-refractivity contribution in [1.29, 1.82) is 0 Å². The Kier molecular flexibility index (Phi) is 3.91. The Bertz CT molecular complexity index is 515. The summed E-state index contributed by atoms with van der Waals surface area (Å²) in [6.07, 6.45) is 0.755. The van der Waals surface area contributed by atoms with E-state index in [1.54, 1.807) is 17.8 Å². The zero-order chi connectivity index (χ0) is 12.3. The first-order chi connectivity index (χ1) is 8.19. The minimum atomic E-state index is 0.565. The fourth-order valence-electron chi connectivity index (χ4n) is 1.23. The summed E-state index contributed by atoms with van der Waals surface area (Å²) >= 11 is 7.52. The molecule has 1 aromatic heterocycles. The molecule has 2 aromatic rings. The Balaban J connectivity index is 1.99. The minimum Gasteiger partial charge on any atom is -0.424 e. The summed E-state index contributed by atoms with van der Waals surface area (Å²) in [5.41, 5.74) is 6.22. The lowest BCUT2D eigenvalue weighted by atomic mass is 10.3. The van der Waals surface area contributed by atoms with Crippen LogP contribution in [0.5, 0.6) is 0 Å². The zero-order valence-corrected chi connectivity index (χ0v) is 10.9. The number of nitrogens with zero attached hydrogens (tertiary/aromatic N) is 2. The summed E-state index contributed by atoms with van der Waals surface area (Å²) < 4.78 is 5.41. The first-order valence-corrected chi connectivity index (χ1v) is 6.54. The van der Waals surface area contributed by atoms with E-state index in [2.05, 4.69) is 10.2 Å². The third kappa shape index (κ3) is 3.14. The van der Waals surface area contributed by atoms with Crippen LogP contribution in [0.4, 0.5) is 5.69 Å². The Labute approximate surface area is 109 Å². The SMILES string of the molecule is CCc1nnc(CSc2ccc(N)c(Cl)c2)o1. The van der Waals surface area contributed by atoms with Gasteiger partial charge in [0, 0.05) is 11.3 Å². The summed E-state index contributed by atoms with van der Waals surface area (Å²) in [5, 5.41) is 8.41. The first kappa shape index (κ1) is 12.3. The Hall–Kier alpha value is -1.20. The van der Waals surface area contributed by atoms with Gasteiger partial charge in [0.2, 0.25) is 11.8 Å².